The highest BCUT2D eigenvalue weighted by Crippen LogP contribution is 2.44. The molecule has 8 aliphatic heterocycles. The third kappa shape index (κ3) is 29.8. The van der Waals surface area contributed by atoms with Crippen LogP contribution in [0.3, 0.4) is 0 Å². The molecule has 4 aromatic carbocycles. The van der Waals surface area contributed by atoms with Crippen molar-refractivity contribution in [3.8, 4) is 0 Å². The van der Waals surface area contributed by atoms with E-state index >= 15 is 0 Å². The number of thioether (sulfide) groups is 1. The zero-order valence-electron chi connectivity index (χ0n) is 82.2. The van der Waals surface area contributed by atoms with Crippen LogP contribution in [0.1, 0.15) is 147 Å². The Morgan fingerprint density at radius 3 is 1.12 bits per heavy atom. The molecule has 4 fully saturated rings. The van der Waals surface area contributed by atoms with Gasteiger partial charge in [-0.05, 0) is 137 Å². The summed E-state index contributed by atoms with van der Waals surface area (Å²) < 4.78 is 95.6. The number of hydrogen-bond acceptors (Lipinski definition) is 36. The summed E-state index contributed by atoms with van der Waals surface area (Å²) in [6.07, 6.45) is 9.70. The van der Waals surface area contributed by atoms with Gasteiger partial charge in [-0.1, -0.05) is 102 Å². The summed E-state index contributed by atoms with van der Waals surface area (Å²) in [6.45, 7) is 17.1. The Morgan fingerprint density at radius 2 is 0.791 bits per heavy atom. The lowest BCUT2D eigenvalue weighted by Gasteiger charge is -2.40. The number of carbonyl (C=O) groups is 8. The van der Waals surface area contributed by atoms with Crippen LogP contribution in [0.15, 0.2) is 202 Å². The van der Waals surface area contributed by atoms with Crippen molar-refractivity contribution in [1.82, 2.24) is 60.8 Å². The Morgan fingerprint density at radius 1 is 0.453 bits per heavy atom. The van der Waals surface area contributed by atoms with Crippen LogP contribution in [-0.2, 0) is 71.5 Å². The zero-order chi connectivity index (χ0) is 107. The van der Waals surface area contributed by atoms with Gasteiger partial charge in [-0.25, -0.2) is 56.7 Å². The van der Waals surface area contributed by atoms with Gasteiger partial charge in [0, 0.05) is 176 Å². The van der Waals surface area contributed by atoms with Gasteiger partial charge < -0.3 is 74.9 Å². The molecular formula is C100H112Br4F4N16O19S5. The minimum absolute atomic E-state index is 0.0289. The normalized spacial score (nSPS) is 21.0. The number of esters is 4. The largest absolute Gasteiger partial charge is 0.481 e. The van der Waals surface area contributed by atoms with Crippen molar-refractivity contribution in [3.05, 3.63) is 248 Å². The van der Waals surface area contributed by atoms with Crippen LogP contribution in [0.2, 0.25) is 0 Å². The monoisotopic (exact) mass is 2390 g/mol. The number of benzene rings is 4. The van der Waals surface area contributed by atoms with Gasteiger partial charge in [0.15, 0.2) is 43.4 Å². The lowest BCUT2D eigenvalue weighted by molar-refractivity contribution is -0.150. The highest BCUT2D eigenvalue weighted by atomic mass is 79.9. The van der Waals surface area contributed by atoms with Crippen LogP contribution in [0, 0.1) is 45.9 Å². The second-order valence-corrected chi connectivity index (χ2v) is 45.0. The van der Waals surface area contributed by atoms with Gasteiger partial charge in [-0.15, -0.1) is 45.3 Å². The number of methoxy groups -OCH3 is 4. The quantitative estimate of drug-likeness (QED) is 0.0105. The lowest BCUT2D eigenvalue weighted by Crippen LogP contribution is -2.51. The van der Waals surface area contributed by atoms with Gasteiger partial charge in [0.2, 0.25) is 0 Å². The number of carboxylic acids is 4. The average molecular weight is 2400 g/mol. The summed E-state index contributed by atoms with van der Waals surface area (Å²) >= 11 is 21.1. The van der Waals surface area contributed by atoms with Crippen LogP contribution in [0.4, 0.5) is 17.6 Å². The fraction of sp³-hybridized carbons (Fsp3) is 0.440. The van der Waals surface area contributed by atoms with Gasteiger partial charge in [-0.3, -0.25) is 58.7 Å². The van der Waals surface area contributed by atoms with Crippen molar-refractivity contribution in [2.45, 2.75) is 129 Å². The van der Waals surface area contributed by atoms with Gasteiger partial charge in [0.25, 0.3) is 0 Å². The van der Waals surface area contributed by atoms with E-state index in [1.165, 1.54) is 122 Å². The maximum Gasteiger partial charge on any atom is 0.338 e. The first-order valence-electron chi connectivity index (χ1n) is 47.0. The molecule has 792 valence electrons. The van der Waals surface area contributed by atoms with E-state index in [-0.39, 0.29) is 35.8 Å². The molecule has 48 heteroatoms. The van der Waals surface area contributed by atoms with E-state index in [4.69, 9.17) is 58.2 Å². The topological polar surface area (TPSA) is 444 Å². The smallest absolute Gasteiger partial charge is 0.338 e. The molecular weight excluding hydrogens is 2290 g/mol. The third-order valence-electron chi connectivity index (χ3n) is 25.6. The molecule has 4 aromatic heterocycles. The van der Waals surface area contributed by atoms with Crippen molar-refractivity contribution >= 4 is 192 Å². The Labute approximate surface area is 905 Å². The first-order valence-corrected chi connectivity index (χ1v) is 54.9. The lowest BCUT2D eigenvalue weighted by atomic mass is 9.85. The highest BCUT2D eigenvalue weighted by molar-refractivity contribution is 9.11. The van der Waals surface area contributed by atoms with Crippen LogP contribution >= 0.6 is 121 Å². The van der Waals surface area contributed by atoms with Crippen LogP contribution in [-0.4, -0.2) is 287 Å². The van der Waals surface area contributed by atoms with E-state index in [1.54, 1.807) is 102 Å². The third-order valence-corrected chi connectivity index (χ3v) is 32.6. The number of nitrogens with one attached hydrogen (secondary N) is 4. The fourth-order valence-corrected chi connectivity index (χ4v) is 23.5. The molecule has 16 rings (SSSR count). The second kappa shape index (κ2) is 53.1. The van der Waals surface area contributed by atoms with E-state index in [0.29, 0.717) is 234 Å². The number of rotatable bonds is 34. The van der Waals surface area contributed by atoms with Crippen molar-refractivity contribution in [2.75, 3.05) is 132 Å². The molecule has 0 saturated carbocycles. The number of morpholine rings is 3. The second-order valence-electron chi connectivity index (χ2n) is 36.9. The van der Waals surface area contributed by atoms with Crippen LogP contribution < -0.4 is 21.3 Å². The van der Waals surface area contributed by atoms with Crippen LogP contribution in [0.25, 0.3) is 0 Å². The van der Waals surface area contributed by atoms with Gasteiger partial charge in [-0.2, -0.15) is 11.8 Å². The molecule has 148 heavy (non-hydrogen) atoms. The Hall–Kier alpha value is -10.3. The molecule has 0 radical (unpaired) electrons. The molecule has 8 aromatic rings. The minimum Gasteiger partial charge on any atom is -0.481 e. The Kier molecular flexibility index (Phi) is 41.2. The summed E-state index contributed by atoms with van der Waals surface area (Å²) in [7, 11) is 5.25. The molecule has 0 spiro atoms. The first kappa shape index (κ1) is 115. The average Bonchev–Trinajstić information content (AvgIpc) is 1.13. The molecule has 0 aliphatic carbocycles. The minimum atomic E-state index is -0.960. The molecule has 12 heterocycles. The van der Waals surface area contributed by atoms with Crippen molar-refractivity contribution in [2.24, 2.45) is 42.6 Å². The maximum absolute atomic E-state index is 13.9. The predicted molar refractivity (Wildman–Crippen MR) is 566 cm³/mol. The molecule has 8 N–H and O–H groups in total. The van der Waals surface area contributed by atoms with Crippen molar-refractivity contribution < 1.29 is 110 Å². The highest BCUT2D eigenvalue weighted by Gasteiger charge is 2.44. The molecule has 10 atom stereocenters. The summed E-state index contributed by atoms with van der Waals surface area (Å²) in [4.78, 5) is 144. The molecule has 4 unspecified atom stereocenters. The number of amidine groups is 4. The van der Waals surface area contributed by atoms with E-state index in [1.807, 2.05) is 21.5 Å². The summed E-state index contributed by atoms with van der Waals surface area (Å²) in [5.74, 6) is -4.37. The molecule has 8 aliphatic rings. The number of carbonyl (C=O) groups excluding carboxylic acids is 4. The van der Waals surface area contributed by atoms with Crippen molar-refractivity contribution in [1.29, 1.82) is 0 Å². The first-order chi connectivity index (χ1) is 70.7. The number of hydrogen-bond donors (Lipinski definition) is 8. The Bertz CT molecular complexity index is 6380. The van der Waals surface area contributed by atoms with Gasteiger partial charge >= 0.3 is 47.8 Å². The van der Waals surface area contributed by atoms with E-state index in [9.17, 15) is 71.2 Å². The van der Waals surface area contributed by atoms with Gasteiger partial charge in [0.1, 0.15) is 47.4 Å². The van der Waals surface area contributed by atoms with E-state index in [2.05, 4.69) is 125 Å². The SMILES string of the molecule is COC(=O)C1=C(CN2CCOC(CC(C)(C)C(=O)O)C2)NC(c2nccs2)=N[C@H]1c1ccc(F)cc1Br.COC(=O)C1=C(CN2CCOCC2CC(C)(C)C(=O)O)NC(c2nccs2)=N[C@H]1c1ccc(F)cc1Br.COC(=O)C1=C(CN2CCO[C@H](CCCC(C)C(=O)O)C2)NC(c2nccs2)=N[C@H]1c1ccc(F)cc1Br.COC(=O)C1=C(CN2CCSC[C@H]2CC(C)C(=O)O)NC(c2nccs2)=N[C@H]1c1ccc(F)cc1Br. The van der Waals surface area contributed by atoms with Crippen molar-refractivity contribution in [3.63, 3.8) is 0 Å². The number of aromatic nitrogens is 4. The number of thiazole rings is 4. The van der Waals surface area contributed by atoms with Crippen LogP contribution in [0.5, 0.6) is 0 Å². The molecule has 0 amide bonds. The van der Waals surface area contributed by atoms with Gasteiger partial charge in [0.05, 0.1) is 112 Å². The number of aliphatic imine (C=N–C) groups is 4. The van der Waals surface area contributed by atoms with E-state index < -0.39 is 112 Å². The number of ether oxygens (including phenoxy) is 7. The Balaban J connectivity index is 0.000000165. The van der Waals surface area contributed by atoms with E-state index in [0.717, 1.165) is 30.9 Å². The fourth-order valence-electron chi connectivity index (χ4n) is 17.7. The summed E-state index contributed by atoms with van der Waals surface area (Å²) in [5.41, 5.74) is 4.24. The summed E-state index contributed by atoms with van der Waals surface area (Å²) in [6, 6.07) is 13.9. The molecule has 4 saturated heterocycles. The number of nitrogens with zero attached hydrogens (tertiary/aromatic N) is 12. The number of carboxylic acid groups (broad SMARTS) is 4. The predicted octanol–water partition coefficient (Wildman–Crippen LogP) is 15.8. The summed E-state index contributed by atoms with van der Waals surface area (Å²) in [5, 5.41) is 61.0. The standard InChI is InChI=1S/C26H30BrFN4O5S.2C25H28BrFN4O5S.C24H26BrFN4O4S2/c1-15(25(33)34)4-3-5-17-13-32(9-10-37-17)14-20-21(26(35)36-2)22(18-7-6-16(28)12-19(18)27)31-23(30-20)24-29-8-11-38-24;1-25(2,24(33)34)11-15-13-36-8-7-31(15)12-18-19(23(32)35-3)20(16-5-4-14(27)10-17(16)26)30-21(29-18)22-28-6-9-37-22;1-25(2,24(33)34)11-15-12-31(7-8-36-15)13-18-19(23(32)35-3)20(16-5-4-14(27)10-17(16)26)30-21(29-18)22-28-6-9-37-22;1-13(23(31)32)9-15-12-35-8-6-30(15)11-18-19(24(33)34-2)20(16-4-3-14(26)10-17(16)25)29-21(28-18)22-27-5-7-36-22/h6-8,11-12,15,17,22H,3-5,9-10,13-14H2,1-2H3,(H,30,31)(H,33,34);2*4-6,9-10,15,20H,7-8,11-13H2,1-3H3,(H,29,30)(H,33,34);3-5,7,10,13,15,20H,6,8-9,11-12H2,1-2H3,(H,28,29)(H,31,32)/t15?,17-,22+;2*15?,20-;13?,15-,20+/m1001/s1. The zero-order valence-corrected chi connectivity index (χ0v) is 92.6. The maximum atomic E-state index is 13.9. The molecule has 0 bridgehead atoms. The number of halogens is 8. The molecule has 35 nitrogen and oxygen atoms in total. The number of aliphatic carboxylic acids is 4.